The Hall–Kier alpha value is -2.60. The fourth-order valence-electron chi connectivity index (χ4n) is 3.19. The number of halogens is 3. The maximum absolute atomic E-state index is 13.8. The second kappa shape index (κ2) is 7.19. The van der Waals surface area contributed by atoms with E-state index in [1.807, 2.05) is 54.6 Å². The van der Waals surface area contributed by atoms with Crippen LogP contribution in [-0.4, -0.2) is 14.8 Å². The molecular formula is C21H16BrF2N3. The molecule has 0 amide bonds. The third-order valence-electron chi connectivity index (χ3n) is 4.46. The lowest BCUT2D eigenvalue weighted by molar-refractivity contribution is 0.153. The van der Waals surface area contributed by atoms with Gasteiger partial charge in [-0.2, -0.15) is 5.10 Å². The van der Waals surface area contributed by atoms with Crippen LogP contribution in [0.1, 0.15) is 23.2 Å². The zero-order chi connectivity index (χ0) is 19.0. The molecular weight excluding hydrogens is 412 g/mol. The van der Waals surface area contributed by atoms with Crippen molar-refractivity contribution >= 4 is 27.0 Å². The van der Waals surface area contributed by atoms with E-state index >= 15 is 0 Å². The topological polar surface area (TPSA) is 30.7 Å². The molecule has 0 unspecified atom stereocenters. The van der Waals surface area contributed by atoms with Gasteiger partial charge < -0.3 is 0 Å². The molecule has 0 bridgehead atoms. The van der Waals surface area contributed by atoms with Gasteiger partial charge >= 0.3 is 0 Å². The van der Waals surface area contributed by atoms with Crippen molar-refractivity contribution in [2.75, 3.05) is 0 Å². The van der Waals surface area contributed by atoms with Crippen LogP contribution < -0.4 is 0 Å². The van der Waals surface area contributed by atoms with Gasteiger partial charge in [0.1, 0.15) is 0 Å². The molecule has 6 heteroatoms. The Bertz CT molecular complexity index is 1090. The van der Waals surface area contributed by atoms with Crippen molar-refractivity contribution in [2.45, 2.75) is 19.9 Å². The summed E-state index contributed by atoms with van der Waals surface area (Å²) in [5.41, 5.74) is 3.34. The minimum atomic E-state index is -2.60. The maximum atomic E-state index is 13.8. The monoisotopic (exact) mass is 427 g/mol. The second-order valence-electron chi connectivity index (χ2n) is 6.33. The first-order valence-electron chi connectivity index (χ1n) is 8.49. The molecule has 0 atom stereocenters. The number of hydrogen-bond donors (Lipinski definition) is 0. The van der Waals surface area contributed by atoms with Crippen molar-refractivity contribution in [1.29, 1.82) is 0 Å². The van der Waals surface area contributed by atoms with E-state index in [-0.39, 0.29) is 5.56 Å². The molecule has 0 radical (unpaired) electrons. The van der Waals surface area contributed by atoms with Crippen molar-refractivity contribution < 1.29 is 8.78 Å². The number of nitrogens with zero attached hydrogens (tertiary/aromatic N) is 3. The number of hydrogen-bond acceptors (Lipinski definition) is 2. The van der Waals surface area contributed by atoms with Crippen molar-refractivity contribution in [2.24, 2.45) is 0 Å². The zero-order valence-corrected chi connectivity index (χ0v) is 16.1. The Labute approximate surface area is 163 Å². The van der Waals surface area contributed by atoms with Crippen LogP contribution in [0, 0.1) is 6.92 Å². The number of aromatic nitrogens is 3. The molecule has 3 nitrogen and oxygen atoms in total. The van der Waals surface area contributed by atoms with Crippen LogP contribution in [0.3, 0.4) is 0 Å². The van der Waals surface area contributed by atoms with Gasteiger partial charge in [-0.05, 0) is 30.7 Å². The number of benzene rings is 2. The van der Waals surface area contributed by atoms with Gasteiger partial charge in [0.25, 0.3) is 6.43 Å². The average molecular weight is 428 g/mol. The summed E-state index contributed by atoms with van der Waals surface area (Å²) in [6.07, 6.45) is -2.60. The minimum Gasteiger partial charge on any atom is -0.243 e. The third kappa shape index (κ3) is 3.49. The van der Waals surface area contributed by atoms with Crippen LogP contribution in [0.5, 0.6) is 0 Å². The molecule has 2 aromatic carbocycles. The Morgan fingerprint density at radius 3 is 2.41 bits per heavy atom. The molecule has 0 N–H and O–H groups in total. The molecule has 136 valence electrons. The summed E-state index contributed by atoms with van der Waals surface area (Å²) >= 11 is 3.39. The van der Waals surface area contributed by atoms with Crippen LogP contribution in [0.25, 0.3) is 22.3 Å². The summed E-state index contributed by atoms with van der Waals surface area (Å²) in [5, 5.41) is 4.92. The van der Waals surface area contributed by atoms with Crippen LogP contribution in [0.2, 0.25) is 0 Å². The summed E-state index contributed by atoms with van der Waals surface area (Å²) in [6.45, 7) is 2.22. The Morgan fingerprint density at radius 2 is 1.74 bits per heavy atom. The van der Waals surface area contributed by atoms with Crippen molar-refractivity contribution in [3.63, 3.8) is 0 Å². The number of aryl methyl sites for hydroxylation is 1. The van der Waals surface area contributed by atoms with Crippen molar-refractivity contribution in [3.05, 3.63) is 82.0 Å². The first-order chi connectivity index (χ1) is 13.0. The number of fused-ring (bicyclic) bond motifs is 1. The van der Waals surface area contributed by atoms with Gasteiger partial charge in [-0.3, -0.25) is 0 Å². The molecule has 27 heavy (non-hydrogen) atoms. The SMILES string of the molecule is Cc1nn(Cc2ccccc2)c2nc(-c3ccc(Br)cc3)cc(C(F)F)c12. The lowest BCUT2D eigenvalue weighted by Gasteiger charge is -2.09. The summed E-state index contributed by atoms with van der Waals surface area (Å²) in [4.78, 5) is 4.69. The molecule has 2 aromatic heterocycles. The van der Waals surface area contributed by atoms with E-state index < -0.39 is 6.43 Å². The van der Waals surface area contributed by atoms with Crippen LogP contribution in [0.4, 0.5) is 8.78 Å². The van der Waals surface area contributed by atoms with Gasteiger partial charge in [0, 0.05) is 15.6 Å². The molecule has 0 fully saturated rings. The summed E-state index contributed by atoms with van der Waals surface area (Å²) in [5.74, 6) is 0. The van der Waals surface area contributed by atoms with Crippen molar-refractivity contribution in [1.82, 2.24) is 14.8 Å². The normalized spacial score (nSPS) is 11.4. The summed E-state index contributed by atoms with van der Waals surface area (Å²) < 4.78 is 30.2. The molecule has 0 saturated heterocycles. The Morgan fingerprint density at radius 1 is 1.04 bits per heavy atom. The van der Waals surface area contributed by atoms with Gasteiger partial charge in [-0.25, -0.2) is 18.4 Å². The zero-order valence-electron chi connectivity index (χ0n) is 14.5. The Balaban J connectivity index is 1.91. The molecule has 0 aliphatic heterocycles. The van der Waals surface area contributed by atoms with E-state index in [4.69, 9.17) is 0 Å². The largest absolute Gasteiger partial charge is 0.264 e. The fourth-order valence-corrected chi connectivity index (χ4v) is 3.46. The molecule has 0 saturated carbocycles. The molecule has 0 aliphatic rings. The van der Waals surface area contributed by atoms with Gasteiger partial charge in [-0.15, -0.1) is 0 Å². The summed E-state index contributed by atoms with van der Waals surface area (Å²) in [7, 11) is 0. The van der Waals surface area contributed by atoms with Gasteiger partial charge in [0.2, 0.25) is 0 Å². The quantitative estimate of drug-likeness (QED) is 0.390. The van der Waals surface area contributed by atoms with Crippen molar-refractivity contribution in [3.8, 4) is 11.3 Å². The molecule has 2 heterocycles. The van der Waals surface area contributed by atoms with E-state index in [2.05, 4.69) is 26.0 Å². The van der Waals surface area contributed by atoms with E-state index in [0.29, 0.717) is 29.0 Å². The molecule has 4 rings (SSSR count). The second-order valence-corrected chi connectivity index (χ2v) is 7.25. The van der Waals surface area contributed by atoms with E-state index in [0.717, 1.165) is 15.6 Å². The number of rotatable bonds is 4. The highest BCUT2D eigenvalue weighted by Gasteiger charge is 2.21. The lowest BCUT2D eigenvalue weighted by Crippen LogP contribution is -2.03. The van der Waals surface area contributed by atoms with Crippen LogP contribution in [-0.2, 0) is 6.54 Å². The van der Waals surface area contributed by atoms with Crippen LogP contribution >= 0.6 is 15.9 Å². The maximum Gasteiger partial charge on any atom is 0.264 e. The molecule has 0 spiro atoms. The average Bonchev–Trinajstić information content (AvgIpc) is 2.98. The highest BCUT2D eigenvalue weighted by Crippen LogP contribution is 2.33. The van der Waals surface area contributed by atoms with Gasteiger partial charge in [0.05, 0.1) is 23.3 Å². The van der Waals surface area contributed by atoms with E-state index in [1.165, 1.54) is 6.07 Å². The van der Waals surface area contributed by atoms with E-state index in [1.54, 1.807) is 11.6 Å². The molecule has 4 aromatic rings. The minimum absolute atomic E-state index is 0.0327. The standard InChI is InChI=1S/C21H16BrF2N3/c1-13-19-17(20(23)24)11-18(15-7-9-16(22)10-8-15)25-21(19)27(26-13)12-14-5-3-2-4-6-14/h2-11,20H,12H2,1H3. The molecule has 0 aliphatic carbocycles. The first-order valence-corrected chi connectivity index (χ1v) is 9.28. The number of alkyl halides is 2. The predicted octanol–water partition coefficient (Wildman–Crippen LogP) is 6.16. The number of pyridine rings is 1. The van der Waals surface area contributed by atoms with Gasteiger partial charge in [0.15, 0.2) is 5.65 Å². The Kier molecular flexibility index (Phi) is 4.74. The van der Waals surface area contributed by atoms with E-state index in [9.17, 15) is 8.78 Å². The van der Waals surface area contributed by atoms with Gasteiger partial charge in [-0.1, -0.05) is 58.4 Å². The lowest BCUT2D eigenvalue weighted by atomic mass is 10.1. The third-order valence-corrected chi connectivity index (χ3v) is 4.99. The highest BCUT2D eigenvalue weighted by molar-refractivity contribution is 9.10. The highest BCUT2D eigenvalue weighted by atomic mass is 79.9. The summed E-state index contributed by atoms with van der Waals surface area (Å²) in [6, 6.07) is 18.7. The fraction of sp³-hybridized carbons (Fsp3) is 0.143. The predicted molar refractivity (Wildman–Crippen MR) is 106 cm³/mol. The smallest absolute Gasteiger partial charge is 0.243 e. The first kappa shape index (κ1) is 17.8. The van der Waals surface area contributed by atoms with Crippen LogP contribution in [0.15, 0.2) is 65.1 Å².